The van der Waals surface area contributed by atoms with Crippen LogP contribution in [0.5, 0.6) is 0 Å². The Kier molecular flexibility index (Phi) is 5.76. The molecule has 6 nitrogen and oxygen atoms in total. The molecule has 1 atom stereocenters. The molecule has 1 aromatic carbocycles. The van der Waals surface area contributed by atoms with Crippen molar-refractivity contribution in [3.63, 3.8) is 0 Å². The highest BCUT2D eigenvalue weighted by molar-refractivity contribution is 6.31. The molecule has 0 saturated carbocycles. The molecule has 110 valence electrons. The molecule has 0 aliphatic heterocycles. The standard InChI is InChI=1S/C13H18ClN3O3/c1-8(2)7-15-13(18)9(3)16-11-6-10(14)4-5-12(11)17(19)20/h4-6,8-9,16H,7H2,1-3H3,(H,15,18). The zero-order chi connectivity index (χ0) is 15.3. The van der Waals surface area contributed by atoms with E-state index in [1.165, 1.54) is 18.2 Å². The minimum Gasteiger partial charge on any atom is -0.368 e. The fraction of sp³-hybridized carbons (Fsp3) is 0.462. The van der Waals surface area contributed by atoms with E-state index in [-0.39, 0.29) is 17.3 Å². The van der Waals surface area contributed by atoms with Crippen molar-refractivity contribution in [2.45, 2.75) is 26.8 Å². The van der Waals surface area contributed by atoms with Gasteiger partial charge < -0.3 is 10.6 Å². The third kappa shape index (κ3) is 4.70. The van der Waals surface area contributed by atoms with Gasteiger partial charge in [-0.25, -0.2) is 0 Å². The van der Waals surface area contributed by atoms with Crippen molar-refractivity contribution in [2.75, 3.05) is 11.9 Å². The maximum absolute atomic E-state index is 11.8. The normalized spacial score (nSPS) is 12.1. The summed E-state index contributed by atoms with van der Waals surface area (Å²) in [7, 11) is 0. The zero-order valence-electron chi connectivity index (χ0n) is 11.6. The summed E-state index contributed by atoms with van der Waals surface area (Å²) in [4.78, 5) is 22.2. The Hall–Kier alpha value is -1.82. The van der Waals surface area contributed by atoms with Gasteiger partial charge in [0, 0.05) is 17.6 Å². The topological polar surface area (TPSA) is 84.3 Å². The Labute approximate surface area is 122 Å². The smallest absolute Gasteiger partial charge is 0.292 e. The molecule has 1 aromatic rings. The van der Waals surface area contributed by atoms with E-state index in [9.17, 15) is 14.9 Å². The predicted molar refractivity (Wildman–Crippen MR) is 79.0 cm³/mol. The van der Waals surface area contributed by atoms with Crippen molar-refractivity contribution >= 4 is 28.9 Å². The maximum Gasteiger partial charge on any atom is 0.292 e. The van der Waals surface area contributed by atoms with Crippen molar-refractivity contribution in [1.29, 1.82) is 0 Å². The number of carbonyl (C=O) groups is 1. The number of nitro groups is 1. The van der Waals surface area contributed by atoms with Crippen LogP contribution in [-0.2, 0) is 4.79 Å². The van der Waals surface area contributed by atoms with Gasteiger partial charge in [-0.1, -0.05) is 25.4 Å². The highest BCUT2D eigenvalue weighted by Gasteiger charge is 2.19. The van der Waals surface area contributed by atoms with Crippen molar-refractivity contribution in [1.82, 2.24) is 5.32 Å². The predicted octanol–water partition coefficient (Wildman–Crippen LogP) is 2.82. The van der Waals surface area contributed by atoms with Crippen LogP contribution >= 0.6 is 11.6 Å². The van der Waals surface area contributed by atoms with Crippen LogP contribution in [0.1, 0.15) is 20.8 Å². The van der Waals surface area contributed by atoms with Crippen LogP contribution in [0.3, 0.4) is 0 Å². The first-order valence-electron chi connectivity index (χ1n) is 6.29. The first-order valence-corrected chi connectivity index (χ1v) is 6.67. The molecule has 0 aromatic heterocycles. The molecular formula is C13H18ClN3O3. The average molecular weight is 300 g/mol. The molecular weight excluding hydrogens is 282 g/mol. The Morgan fingerprint density at radius 2 is 2.05 bits per heavy atom. The van der Waals surface area contributed by atoms with Crippen LogP contribution in [0.25, 0.3) is 0 Å². The van der Waals surface area contributed by atoms with Crippen LogP contribution in [0.4, 0.5) is 11.4 Å². The van der Waals surface area contributed by atoms with Gasteiger partial charge in [0.1, 0.15) is 11.7 Å². The average Bonchev–Trinajstić information content (AvgIpc) is 2.35. The lowest BCUT2D eigenvalue weighted by Crippen LogP contribution is -2.39. The van der Waals surface area contributed by atoms with Gasteiger partial charge in [-0.05, 0) is 25.0 Å². The van der Waals surface area contributed by atoms with Crippen molar-refractivity contribution < 1.29 is 9.72 Å². The summed E-state index contributed by atoms with van der Waals surface area (Å²) >= 11 is 5.82. The Morgan fingerprint density at radius 3 is 2.60 bits per heavy atom. The van der Waals surface area contributed by atoms with E-state index in [0.717, 1.165) is 0 Å². The van der Waals surface area contributed by atoms with Crippen LogP contribution in [0, 0.1) is 16.0 Å². The molecule has 2 N–H and O–H groups in total. The first kappa shape index (κ1) is 16.2. The van der Waals surface area contributed by atoms with Crippen LogP contribution in [0.15, 0.2) is 18.2 Å². The second-order valence-corrected chi connectivity index (χ2v) is 5.36. The second kappa shape index (κ2) is 7.09. The minimum absolute atomic E-state index is 0.113. The van der Waals surface area contributed by atoms with Crippen molar-refractivity contribution in [2.24, 2.45) is 5.92 Å². The summed E-state index contributed by atoms with van der Waals surface area (Å²) in [5.74, 6) is 0.125. The molecule has 0 radical (unpaired) electrons. The number of nitrogens with one attached hydrogen (secondary N) is 2. The van der Waals surface area contributed by atoms with E-state index >= 15 is 0 Å². The molecule has 0 aliphatic carbocycles. The molecule has 0 fully saturated rings. The van der Waals surface area contributed by atoms with Gasteiger partial charge in [-0.3, -0.25) is 14.9 Å². The summed E-state index contributed by atoms with van der Waals surface area (Å²) in [6, 6.07) is 3.59. The quantitative estimate of drug-likeness (QED) is 0.625. The van der Waals surface area contributed by atoms with E-state index in [2.05, 4.69) is 10.6 Å². The molecule has 7 heteroatoms. The SMILES string of the molecule is CC(C)CNC(=O)C(C)Nc1cc(Cl)ccc1[N+](=O)[O-]. The van der Waals surface area contributed by atoms with Gasteiger partial charge in [0.05, 0.1) is 4.92 Å². The van der Waals surface area contributed by atoms with Gasteiger partial charge >= 0.3 is 0 Å². The van der Waals surface area contributed by atoms with Gasteiger partial charge in [0.2, 0.25) is 5.91 Å². The third-order valence-corrected chi connectivity index (χ3v) is 2.84. The van der Waals surface area contributed by atoms with E-state index in [1.807, 2.05) is 13.8 Å². The van der Waals surface area contributed by atoms with Gasteiger partial charge in [0.25, 0.3) is 5.69 Å². The molecule has 0 spiro atoms. The van der Waals surface area contributed by atoms with E-state index in [0.29, 0.717) is 17.5 Å². The zero-order valence-corrected chi connectivity index (χ0v) is 12.4. The van der Waals surface area contributed by atoms with Crippen molar-refractivity contribution in [3.05, 3.63) is 33.3 Å². The summed E-state index contributed by atoms with van der Waals surface area (Å²) in [6.45, 7) is 6.17. The number of rotatable bonds is 6. The summed E-state index contributed by atoms with van der Waals surface area (Å²) in [6.07, 6.45) is 0. The number of carbonyl (C=O) groups excluding carboxylic acids is 1. The molecule has 0 aliphatic rings. The second-order valence-electron chi connectivity index (χ2n) is 4.92. The van der Waals surface area contributed by atoms with Crippen LogP contribution in [-0.4, -0.2) is 23.4 Å². The molecule has 0 saturated heterocycles. The van der Waals surface area contributed by atoms with Crippen molar-refractivity contribution in [3.8, 4) is 0 Å². The Morgan fingerprint density at radius 1 is 1.40 bits per heavy atom. The third-order valence-electron chi connectivity index (χ3n) is 2.61. The van der Waals surface area contributed by atoms with Gasteiger partial charge in [-0.15, -0.1) is 0 Å². The van der Waals surface area contributed by atoms with E-state index < -0.39 is 11.0 Å². The number of halogens is 1. The fourth-order valence-electron chi connectivity index (χ4n) is 1.54. The van der Waals surface area contributed by atoms with Gasteiger partial charge in [-0.2, -0.15) is 0 Å². The minimum atomic E-state index is -0.592. The molecule has 1 amide bonds. The Balaban J connectivity index is 2.79. The van der Waals surface area contributed by atoms with E-state index in [1.54, 1.807) is 6.92 Å². The summed E-state index contributed by atoms with van der Waals surface area (Å²) in [5.41, 5.74) is 0.118. The lowest BCUT2D eigenvalue weighted by molar-refractivity contribution is -0.384. The number of benzene rings is 1. The van der Waals surface area contributed by atoms with Gasteiger partial charge in [0.15, 0.2) is 0 Å². The maximum atomic E-state index is 11.8. The number of anilines is 1. The monoisotopic (exact) mass is 299 g/mol. The number of nitro benzene ring substituents is 1. The molecule has 1 unspecified atom stereocenters. The molecule has 0 heterocycles. The molecule has 20 heavy (non-hydrogen) atoms. The largest absolute Gasteiger partial charge is 0.368 e. The number of hydrogen-bond acceptors (Lipinski definition) is 4. The number of hydrogen-bond donors (Lipinski definition) is 2. The molecule has 1 rings (SSSR count). The fourth-order valence-corrected chi connectivity index (χ4v) is 1.71. The molecule has 0 bridgehead atoms. The van der Waals surface area contributed by atoms with Crippen LogP contribution < -0.4 is 10.6 Å². The lowest BCUT2D eigenvalue weighted by atomic mass is 10.2. The highest BCUT2D eigenvalue weighted by Crippen LogP contribution is 2.28. The number of amides is 1. The van der Waals surface area contributed by atoms with E-state index in [4.69, 9.17) is 11.6 Å². The number of nitrogens with zero attached hydrogens (tertiary/aromatic N) is 1. The Bertz CT molecular complexity index is 506. The first-order chi connectivity index (χ1) is 9.31. The highest BCUT2D eigenvalue weighted by atomic mass is 35.5. The summed E-state index contributed by atoms with van der Waals surface area (Å²) < 4.78 is 0. The summed E-state index contributed by atoms with van der Waals surface area (Å²) in [5, 5.41) is 16.9. The lowest BCUT2D eigenvalue weighted by Gasteiger charge is -2.16. The van der Waals surface area contributed by atoms with Crippen LogP contribution in [0.2, 0.25) is 5.02 Å².